The van der Waals surface area contributed by atoms with E-state index in [9.17, 15) is 13.2 Å². The fourth-order valence-electron chi connectivity index (χ4n) is 2.73. The molecule has 0 spiro atoms. The number of nitrogens with one attached hydrogen (secondary N) is 1. The number of benzene rings is 2. The van der Waals surface area contributed by atoms with Gasteiger partial charge in [-0.15, -0.1) is 0 Å². The third-order valence-corrected chi connectivity index (χ3v) is 6.71. The number of carbonyl (C=O) groups excluding carboxylic acids is 1. The summed E-state index contributed by atoms with van der Waals surface area (Å²) >= 11 is 6.17. The molecule has 0 saturated carbocycles. The molecule has 1 N–H and O–H groups in total. The van der Waals surface area contributed by atoms with Crippen LogP contribution in [0.4, 0.5) is 5.69 Å². The predicted octanol–water partition coefficient (Wildman–Crippen LogP) is 4.75. The summed E-state index contributed by atoms with van der Waals surface area (Å²) in [5, 5.41) is 3.00. The Hall–Kier alpha value is -1.89. The molecule has 0 aliphatic carbocycles. The van der Waals surface area contributed by atoms with Gasteiger partial charge in [-0.2, -0.15) is 4.31 Å². The third-order valence-electron chi connectivity index (χ3n) is 4.34. The van der Waals surface area contributed by atoms with Crippen LogP contribution in [0, 0.1) is 0 Å². The molecule has 0 unspecified atom stereocenters. The van der Waals surface area contributed by atoms with Crippen LogP contribution in [0.2, 0.25) is 5.02 Å². The zero-order valence-corrected chi connectivity index (χ0v) is 17.6. The lowest BCUT2D eigenvalue weighted by atomic mass is 10.0. The zero-order chi connectivity index (χ0) is 20.2. The van der Waals surface area contributed by atoms with Crippen molar-refractivity contribution in [2.24, 2.45) is 0 Å². The van der Waals surface area contributed by atoms with Gasteiger partial charge in [0.15, 0.2) is 0 Å². The van der Waals surface area contributed by atoms with Crippen molar-refractivity contribution in [3.63, 3.8) is 0 Å². The highest BCUT2D eigenvalue weighted by Gasteiger charge is 2.24. The van der Waals surface area contributed by atoms with Gasteiger partial charge < -0.3 is 5.32 Å². The maximum Gasteiger partial charge on any atom is 0.257 e. The van der Waals surface area contributed by atoms with Crippen LogP contribution in [-0.4, -0.2) is 31.7 Å². The lowest BCUT2D eigenvalue weighted by Crippen LogP contribution is -2.30. The van der Waals surface area contributed by atoms with Crippen LogP contribution < -0.4 is 5.32 Å². The number of rotatable bonds is 7. The number of halogens is 1. The molecule has 0 atom stereocenters. The smallest absolute Gasteiger partial charge is 0.257 e. The van der Waals surface area contributed by atoms with Crippen molar-refractivity contribution in [3.8, 4) is 0 Å². The molecule has 146 valence electrons. The molecule has 0 bridgehead atoms. The standard InChI is InChI=1S/C20H25ClN2O3S/c1-5-23(6-2)27(25,26)17-10-11-19(21)18(13-17)20(24)22-16-9-7-8-15(12-16)14(3)4/h7-14H,5-6H2,1-4H3,(H,22,24). The molecule has 0 radical (unpaired) electrons. The number of sulfonamides is 1. The number of hydrogen-bond acceptors (Lipinski definition) is 3. The first-order valence-electron chi connectivity index (χ1n) is 8.91. The second kappa shape index (κ2) is 8.87. The van der Waals surface area contributed by atoms with E-state index < -0.39 is 15.9 Å². The van der Waals surface area contributed by atoms with Crippen molar-refractivity contribution in [1.82, 2.24) is 4.31 Å². The van der Waals surface area contributed by atoms with Gasteiger partial charge in [0.1, 0.15) is 0 Å². The summed E-state index contributed by atoms with van der Waals surface area (Å²) in [5.41, 5.74) is 1.86. The Balaban J connectivity index is 2.36. The number of amides is 1. The molecule has 2 rings (SSSR count). The van der Waals surface area contributed by atoms with Crippen molar-refractivity contribution >= 4 is 33.2 Å². The van der Waals surface area contributed by atoms with Crippen molar-refractivity contribution in [2.75, 3.05) is 18.4 Å². The quantitative estimate of drug-likeness (QED) is 0.719. The summed E-state index contributed by atoms with van der Waals surface area (Å²) in [5.74, 6) is -0.120. The van der Waals surface area contributed by atoms with E-state index in [2.05, 4.69) is 19.2 Å². The first kappa shape index (κ1) is 21.4. The molecule has 0 fully saturated rings. The second-order valence-corrected chi connectivity index (χ2v) is 8.81. The van der Waals surface area contributed by atoms with Crippen molar-refractivity contribution in [2.45, 2.75) is 38.5 Å². The third kappa shape index (κ3) is 4.89. The molecular weight excluding hydrogens is 384 g/mol. The molecule has 27 heavy (non-hydrogen) atoms. The van der Waals surface area contributed by atoms with Gasteiger partial charge in [0.2, 0.25) is 10.0 Å². The molecule has 2 aromatic rings. The highest BCUT2D eigenvalue weighted by Crippen LogP contribution is 2.25. The lowest BCUT2D eigenvalue weighted by molar-refractivity contribution is 0.102. The Labute approximate surface area is 166 Å². The summed E-state index contributed by atoms with van der Waals surface area (Å²) in [6, 6.07) is 11.7. The first-order valence-corrected chi connectivity index (χ1v) is 10.7. The summed E-state index contributed by atoms with van der Waals surface area (Å²) in [6.45, 7) is 8.38. The maximum atomic E-state index is 12.7. The van der Waals surface area contributed by atoms with E-state index in [-0.39, 0.29) is 15.5 Å². The topological polar surface area (TPSA) is 66.5 Å². The molecule has 0 aliphatic rings. The molecule has 0 aromatic heterocycles. The SMILES string of the molecule is CCN(CC)S(=O)(=O)c1ccc(Cl)c(C(=O)Nc2cccc(C(C)C)c2)c1. The molecule has 0 heterocycles. The average molecular weight is 409 g/mol. The fourth-order valence-corrected chi connectivity index (χ4v) is 4.41. The van der Waals surface area contributed by atoms with E-state index in [0.717, 1.165) is 5.56 Å². The van der Waals surface area contributed by atoms with E-state index >= 15 is 0 Å². The van der Waals surface area contributed by atoms with Crippen molar-refractivity contribution in [3.05, 3.63) is 58.6 Å². The predicted molar refractivity (Wildman–Crippen MR) is 110 cm³/mol. The summed E-state index contributed by atoms with van der Waals surface area (Å²) in [4.78, 5) is 12.8. The van der Waals surface area contributed by atoms with Gasteiger partial charge in [0.05, 0.1) is 15.5 Å². The van der Waals surface area contributed by atoms with Gasteiger partial charge in [-0.25, -0.2) is 8.42 Å². The maximum absolute atomic E-state index is 12.7. The van der Waals surface area contributed by atoms with Gasteiger partial charge in [-0.3, -0.25) is 4.79 Å². The largest absolute Gasteiger partial charge is 0.322 e. The van der Waals surface area contributed by atoms with Gasteiger partial charge in [0, 0.05) is 18.8 Å². The van der Waals surface area contributed by atoms with Gasteiger partial charge in [-0.1, -0.05) is 51.4 Å². The summed E-state index contributed by atoms with van der Waals surface area (Å²) in [7, 11) is -3.67. The van der Waals surface area contributed by atoms with E-state index in [4.69, 9.17) is 11.6 Å². The van der Waals surface area contributed by atoms with Crippen molar-refractivity contribution in [1.29, 1.82) is 0 Å². The van der Waals surface area contributed by atoms with Gasteiger partial charge >= 0.3 is 0 Å². The Morgan fingerprint density at radius 2 is 1.78 bits per heavy atom. The first-order chi connectivity index (χ1) is 12.7. The summed E-state index contributed by atoms with van der Waals surface area (Å²) in [6.07, 6.45) is 0. The number of carbonyl (C=O) groups is 1. The van der Waals surface area contributed by atoms with Crippen LogP contribution in [0.1, 0.15) is 49.5 Å². The van der Waals surface area contributed by atoms with Crippen LogP contribution in [0.25, 0.3) is 0 Å². The van der Waals surface area contributed by atoms with Crippen molar-refractivity contribution < 1.29 is 13.2 Å². The van der Waals surface area contributed by atoms with E-state index in [1.807, 2.05) is 18.2 Å². The van der Waals surface area contributed by atoms with Gasteiger partial charge in [-0.05, 0) is 41.8 Å². The molecule has 2 aromatic carbocycles. The molecule has 7 heteroatoms. The highest BCUT2D eigenvalue weighted by molar-refractivity contribution is 7.89. The van der Waals surface area contributed by atoms with Crippen LogP contribution in [0.15, 0.2) is 47.4 Å². The minimum Gasteiger partial charge on any atom is -0.322 e. The van der Waals surface area contributed by atoms with Crippen LogP contribution >= 0.6 is 11.6 Å². The monoisotopic (exact) mass is 408 g/mol. The molecule has 5 nitrogen and oxygen atoms in total. The number of hydrogen-bond donors (Lipinski definition) is 1. The van der Waals surface area contributed by atoms with E-state index in [1.165, 1.54) is 22.5 Å². The molecule has 0 saturated heterocycles. The minimum absolute atomic E-state index is 0.0525. The van der Waals surface area contributed by atoms with E-state index in [0.29, 0.717) is 24.7 Å². The number of nitrogens with zero attached hydrogens (tertiary/aromatic N) is 1. The Morgan fingerprint density at radius 3 is 2.37 bits per heavy atom. The Bertz CT molecular complexity index is 923. The van der Waals surface area contributed by atoms with Crippen LogP contribution in [0.5, 0.6) is 0 Å². The highest BCUT2D eigenvalue weighted by atomic mass is 35.5. The van der Waals surface area contributed by atoms with Crippen LogP contribution in [0.3, 0.4) is 0 Å². The van der Waals surface area contributed by atoms with Crippen LogP contribution in [-0.2, 0) is 10.0 Å². The van der Waals surface area contributed by atoms with E-state index in [1.54, 1.807) is 19.9 Å². The molecule has 1 amide bonds. The second-order valence-electron chi connectivity index (χ2n) is 6.47. The normalized spacial score (nSPS) is 11.8. The lowest BCUT2D eigenvalue weighted by Gasteiger charge is -2.19. The van der Waals surface area contributed by atoms with Gasteiger partial charge in [0.25, 0.3) is 5.91 Å². The average Bonchev–Trinajstić information content (AvgIpc) is 2.62. The Morgan fingerprint density at radius 1 is 1.11 bits per heavy atom. The fraction of sp³-hybridized carbons (Fsp3) is 0.350. The number of anilines is 1. The zero-order valence-electron chi connectivity index (χ0n) is 16.0. The summed E-state index contributed by atoms with van der Waals surface area (Å²) < 4.78 is 26.8. The molecular formula is C20H25ClN2O3S. The minimum atomic E-state index is -3.67. The molecule has 0 aliphatic heterocycles. The Kier molecular flexibility index (Phi) is 7.03.